The van der Waals surface area contributed by atoms with Gasteiger partial charge in [-0.3, -0.25) is 0 Å². The summed E-state index contributed by atoms with van der Waals surface area (Å²) in [5.41, 5.74) is 0. The predicted octanol–water partition coefficient (Wildman–Crippen LogP) is 2.11. The number of alkyl halides is 3. The fourth-order valence-electron chi connectivity index (χ4n) is 1.80. The molecule has 4 nitrogen and oxygen atoms in total. The smallest absolute Gasteiger partial charge is 0.356 e. The Morgan fingerprint density at radius 1 is 1.41 bits per heavy atom. The monoisotopic (exact) mass is 266 g/mol. The fraction of sp³-hybridized carbons (Fsp3) is 0.778. The maximum atomic E-state index is 12.3. The first-order valence-corrected chi connectivity index (χ1v) is 6.19. The Kier molecular flexibility index (Phi) is 3.53. The van der Waals surface area contributed by atoms with Gasteiger partial charge >= 0.3 is 6.18 Å². The van der Waals surface area contributed by atoms with Gasteiger partial charge in [0.1, 0.15) is 0 Å². The van der Waals surface area contributed by atoms with Gasteiger partial charge in [0, 0.05) is 12.1 Å². The molecule has 2 atom stereocenters. The van der Waals surface area contributed by atoms with Crippen molar-refractivity contribution in [3.8, 4) is 0 Å². The molecule has 2 heterocycles. The summed E-state index contributed by atoms with van der Waals surface area (Å²) in [5, 5.41) is 12.3. The molecule has 0 aliphatic carbocycles. The van der Waals surface area contributed by atoms with Gasteiger partial charge in [-0.1, -0.05) is 11.3 Å². The van der Waals surface area contributed by atoms with E-state index in [1.54, 1.807) is 0 Å². The number of aromatic nitrogens is 2. The average molecular weight is 266 g/mol. The lowest BCUT2D eigenvalue weighted by molar-refractivity contribution is -0.138. The molecule has 96 valence electrons. The summed E-state index contributed by atoms with van der Waals surface area (Å²) in [6, 6.07) is 0.333. The predicted molar refractivity (Wildman–Crippen MR) is 59.0 cm³/mol. The molecule has 8 heteroatoms. The highest BCUT2D eigenvalue weighted by atomic mass is 32.1. The fourth-order valence-corrected chi connectivity index (χ4v) is 2.47. The molecule has 17 heavy (non-hydrogen) atoms. The summed E-state index contributed by atoms with van der Waals surface area (Å²) in [6.45, 7) is 2.95. The van der Waals surface area contributed by atoms with Gasteiger partial charge in [-0.2, -0.15) is 13.2 Å². The molecule has 0 radical (unpaired) electrons. The lowest BCUT2D eigenvalue weighted by Gasteiger charge is -2.30. The van der Waals surface area contributed by atoms with Crippen molar-refractivity contribution in [3.05, 3.63) is 5.01 Å². The van der Waals surface area contributed by atoms with E-state index in [0.29, 0.717) is 11.3 Å². The molecule has 1 saturated heterocycles. The first kappa shape index (κ1) is 12.6. The largest absolute Gasteiger partial charge is 0.445 e. The van der Waals surface area contributed by atoms with Crippen LogP contribution in [-0.4, -0.2) is 28.8 Å². The van der Waals surface area contributed by atoms with Crippen molar-refractivity contribution in [3.63, 3.8) is 0 Å². The highest BCUT2D eigenvalue weighted by Gasteiger charge is 2.36. The molecule has 2 N–H and O–H groups in total. The van der Waals surface area contributed by atoms with Gasteiger partial charge in [0.2, 0.25) is 10.1 Å². The maximum absolute atomic E-state index is 12.3. The summed E-state index contributed by atoms with van der Waals surface area (Å²) in [6.07, 6.45) is -2.48. The third kappa shape index (κ3) is 3.06. The molecule has 1 aromatic heterocycles. The van der Waals surface area contributed by atoms with Crippen LogP contribution < -0.4 is 10.6 Å². The zero-order valence-corrected chi connectivity index (χ0v) is 10.0. The Bertz CT molecular complexity index is 379. The van der Waals surface area contributed by atoms with Gasteiger partial charge in [0.25, 0.3) is 0 Å². The Balaban J connectivity index is 2.01. The number of rotatable bonds is 2. The standard InChI is InChI=1S/C9H13F3N4S/c1-5-6(3-2-4-13-5)14-8-16-15-7(17-8)9(10,11)12/h5-6,13H,2-4H2,1H3,(H,14,16). The number of nitrogens with one attached hydrogen (secondary N) is 2. The summed E-state index contributed by atoms with van der Waals surface area (Å²) >= 11 is 0.549. The van der Waals surface area contributed by atoms with E-state index < -0.39 is 11.2 Å². The number of anilines is 1. The van der Waals surface area contributed by atoms with Gasteiger partial charge in [-0.15, -0.1) is 10.2 Å². The highest BCUT2D eigenvalue weighted by molar-refractivity contribution is 7.15. The van der Waals surface area contributed by atoms with Crippen LogP contribution in [0.3, 0.4) is 0 Å². The maximum Gasteiger partial charge on any atom is 0.445 e. The van der Waals surface area contributed by atoms with E-state index in [-0.39, 0.29) is 17.2 Å². The second-order valence-corrected chi connectivity index (χ2v) is 5.02. The van der Waals surface area contributed by atoms with Crippen LogP contribution in [0.5, 0.6) is 0 Å². The molecular weight excluding hydrogens is 253 g/mol. The van der Waals surface area contributed by atoms with Crippen LogP contribution >= 0.6 is 11.3 Å². The van der Waals surface area contributed by atoms with E-state index in [9.17, 15) is 13.2 Å². The number of nitrogens with zero attached hydrogens (tertiary/aromatic N) is 2. The van der Waals surface area contributed by atoms with E-state index >= 15 is 0 Å². The molecule has 2 unspecified atom stereocenters. The minimum Gasteiger partial charge on any atom is -0.356 e. The van der Waals surface area contributed by atoms with Crippen molar-refractivity contribution in [2.45, 2.75) is 38.0 Å². The Labute approximate surface area is 101 Å². The van der Waals surface area contributed by atoms with E-state index in [0.717, 1.165) is 19.4 Å². The third-order valence-corrected chi connectivity index (χ3v) is 3.64. The SMILES string of the molecule is CC1NCCCC1Nc1nnc(C(F)(F)F)s1. The van der Waals surface area contributed by atoms with Gasteiger partial charge in [-0.05, 0) is 26.3 Å². The van der Waals surface area contributed by atoms with Crippen LogP contribution in [0.25, 0.3) is 0 Å². The minimum atomic E-state index is -4.41. The third-order valence-electron chi connectivity index (χ3n) is 2.74. The number of halogens is 3. The Morgan fingerprint density at radius 2 is 2.18 bits per heavy atom. The first-order valence-electron chi connectivity index (χ1n) is 5.37. The molecule has 0 saturated carbocycles. The quantitative estimate of drug-likeness (QED) is 0.860. The second kappa shape index (κ2) is 4.77. The molecule has 1 fully saturated rings. The van der Waals surface area contributed by atoms with Crippen molar-refractivity contribution in [1.29, 1.82) is 0 Å². The van der Waals surface area contributed by atoms with Crippen LogP contribution in [0.4, 0.5) is 18.3 Å². The van der Waals surface area contributed by atoms with Crippen molar-refractivity contribution >= 4 is 16.5 Å². The van der Waals surface area contributed by atoms with E-state index in [1.807, 2.05) is 6.92 Å². The number of hydrogen-bond donors (Lipinski definition) is 2. The van der Waals surface area contributed by atoms with Crippen LogP contribution in [0.15, 0.2) is 0 Å². The summed E-state index contributed by atoms with van der Waals surface area (Å²) in [5.74, 6) is 0. The normalized spacial score (nSPS) is 25.9. The highest BCUT2D eigenvalue weighted by Crippen LogP contribution is 2.33. The number of piperidine rings is 1. The minimum absolute atomic E-state index is 0.109. The first-order chi connectivity index (χ1) is 7.97. The van der Waals surface area contributed by atoms with Gasteiger partial charge in [-0.25, -0.2) is 0 Å². The van der Waals surface area contributed by atoms with Gasteiger partial charge < -0.3 is 10.6 Å². The molecule has 0 bridgehead atoms. The van der Waals surface area contributed by atoms with E-state index in [1.165, 1.54) is 0 Å². The summed E-state index contributed by atoms with van der Waals surface area (Å²) in [7, 11) is 0. The Hall–Kier alpha value is -0.890. The molecule has 1 aliphatic heterocycles. The molecule has 0 amide bonds. The zero-order valence-electron chi connectivity index (χ0n) is 9.21. The van der Waals surface area contributed by atoms with Crippen LogP contribution in [0, 0.1) is 0 Å². The lowest BCUT2D eigenvalue weighted by atomic mass is 10.0. The molecule has 1 aliphatic rings. The van der Waals surface area contributed by atoms with Gasteiger partial charge in [0.15, 0.2) is 0 Å². The summed E-state index contributed by atoms with van der Waals surface area (Å²) < 4.78 is 37.0. The number of hydrogen-bond acceptors (Lipinski definition) is 5. The van der Waals surface area contributed by atoms with Crippen LogP contribution in [0.2, 0.25) is 0 Å². The summed E-state index contributed by atoms with van der Waals surface area (Å²) in [4.78, 5) is 0. The van der Waals surface area contributed by atoms with Crippen molar-refractivity contribution in [1.82, 2.24) is 15.5 Å². The van der Waals surface area contributed by atoms with Crippen molar-refractivity contribution < 1.29 is 13.2 Å². The van der Waals surface area contributed by atoms with Crippen LogP contribution in [-0.2, 0) is 6.18 Å². The topological polar surface area (TPSA) is 49.8 Å². The van der Waals surface area contributed by atoms with Crippen LogP contribution in [0.1, 0.15) is 24.8 Å². The second-order valence-electron chi connectivity index (χ2n) is 4.05. The van der Waals surface area contributed by atoms with E-state index in [4.69, 9.17) is 0 Å². The molecule has 0 spiro atoms. The average Bonchev–Trinajstić information content (AvgIpc) is 2.69. The molecule has 1 aromatic rings. The van der Waals surface area contributed by atoms with Crippen molar-refractivity contribution in [2.24, 2.45) is 0 Å². The molecule has 0 aromatic carbocycles. The Morgan fingerprint density at radius 3 is 2.76 bits per heavy atom. The van der Waals surface area contributed by atoms with E-state index in [2.05, 4.69) is 20.8 Å². The lowest BCUT2D eigenvalue weighted by Crippen LogP contribution is -2.46. The molecule has 2 rings (SSSR count). The molecular formula is C9H13F3N4S. The van der Waals surface area contributed by atoms with Gasteiger partial charge in [0.05, 0.1) is 0 Å². The zero-order chi connectivity index (χ0) is 12.5. The van der Waals surface area contributed by atoms with Crippen molar-refractivity contribution in [2.75, 3.05) is 11.9 Å².